The van der Waals surface area contributed by atoms with Crippen molar-refractivity contribution in [3.05, 3.63) is 0 Å². The average molecular weight is 199 g/mol. The van der Waals surface area contributed by atoms with E-state index in [1.165, 1.54) is 0 Å². The van der Waals surface area contributed by atoms with E-state index in [2.05, 4.69) is 31.4 Å². The minimum Gasteiger partial charge on any atom is -0.338 e. The first-order valence-corrected chi connectivity index (χ1v) is 5.43. The Morgan fingerprint density at radius 3 is 2.50 bits per heavy atom. The number of amides is 2. The van der Waals surface area contributed by atoms with Gasteiger partial charge < -0.3 is 15.5 Å². The van der Waals surface area contributed by atoms with Crippen LogP contribution in [0.4, 0.5) is 4.79 Å². The van der Waals surface area contributed by atoms with Crippen LogP contribution in [0.25, 0.3) is 0 Å². The molecule has 2 atom stereocenters. The molecule has 1 aliphatic rings. The Kier molecular flexibility index (Phi) is 4.20. The summed E-state index contributed by atoms with van der Waals surface area (Å²) < 4.78 is 0. The van der Waals surface area contributed by atoms with Crippen molar-refractivity contribution >= 4 is 6.03 Å². The molecule has 2 amide bonds. The number of carbonyl (C=O) groups is 1. The van der Waals surface area contributed by atoms with E-state index in [4.69, 9.17) is 0 Å². The van der Waals surface area contributed by atoms with E-state index in [0.717, 1.165) is 26.1 Å². The Morgan fingerprint density at radius 1 is 1.43 bits per heavy atom. The normalized spacial score (nSPS) is 27.5. The second kappa shape index (κ2) is 5.20. The summed E-state index contributed by atoms with van der Waals surface area (Å²) in [7, 11) is 0. The van der Waals surface area contributed by atoms with E-state index < -0.39 is 0 Å². The third kappa shape index (κ3) is 2.61. The molecule has 14 heavy (non-hydrogen) atoms. The zero-order valence-corrected chi connectivity index (χ0v) is 9.34. The Hall–Kier alpha value is -0.770. The molecule has 1 saturated heterocycles. The highest BCUT2D eigenvalue weighted by molar-refractivity contribution is 5.75. The summed E-state index contributed by atoms with van der Waals surface area (Å²) in [6.07, 6.45) is 0.987. The number of nitrogens with zero attached hydrogens (tertiary/aromatic N) is 1. The standard InChI is InChI=1S/C10H21N3O/c1-4-5-12-10(14)13-8(2)6-11-7-9(13)3/h8-9,11H,4-7H2,1-3H3,(H,12,14). The first-order valence-electron chi connectivity index (χ1n) is 5.43. The number of rotatable bonds is 2. The summed E-state index contributed by atoms with van der Waals surface area (Å²) in [6.45, 7) is 8.77. The first-order chi connectivity index (χ1) is 6.66. The lowest BCUT2D eigenvalue weighted by Gasteiger charge is -2.39. The average Bonchev–Trinajstić information content (AvgIpc) is 2.14. The lowest BCUT2D eigenvalue weighted by Crippen LogP contribution is -2.59. The van der Waals surface area contributed by atoms with E-state index in [9.17, 15) is 4.79 Å². The van der Waals surface area contributed by atoms with Gasteiger partial charge in [0, 0.05) is 31.7 Å². The van der Waals surface area contributed by atoms with Gasteiger partial charge in [-0.1, -0.05) is 6.92 Å². The van der Waals surface area contributed by atoms with Crippen LogP contribution in [-0.2, 0) is 0 Å². The second-order valence-electron chi connectivity index (χ2n) is 4.00. The minimum absolute atomic E-state index is 0.0772. The van der Waals surface area contributed by atoms with Crippen LogP contribution in [-0.4, -0.2) is 42.6 Å². The fourth-order valence-corrected chi connectivity index (χ4v) is 1.86. The van der Waals surface area contributed by atoms with Crippen molar-refractivity contribution in [3.8, 4) is 0 Å². The van der Waals surface area contributed by atoms with Gasteiger partial charge in [0.25, 0.3) is 0 Å². The molecular weight excluding hydrogens is 178 g/mol. The topological polar surface area (TPSA) is 44.4 Å². The fourth-order valence-electron chi connectivity index (χ4n) is 1.86. The lowest BCUT2D eigenvalue weighted by atomic mass is 10.1. The molecule has 0 aromatic rings. The van der Waals surface area contributed by atoms with E-state index in [1.807, 2.05) is 4.90 Å². The summed E-state index contributed by atoms with van der Waals surface area (Å²) in [5, 5.41) is 6.23. The Bertz CT molecular complexity index is 186. The number of piperazine rings is 1. The van der Waals surface area contributed by atoms with Gasteiger partial charge in [0.05, 0.1) is 0 Å². The van der Waals surface area contributed by atoms with Gasteiger partial charge in [-0.25, -0.2) is 4.79 Å². The molecule has 0 aromatic carbocycles. The summed E-state index contributed by atoms with van der Waals surface area (Å²) in [4.78, 5) is 13.7. The van der Waals surface area contributed by atoms with Crippen molar-refractivity contribution in [2.75, 3.05) is 19.6 Å². The number of nitrogens with one attached hydrogen (secondary N) is 2. The Labute approximate surface area is 86.0 Å². The Balaban J connectivity index is 2.49. The summed E-state index contributed by atoms with van der Waals surface area (Å²) in [5.41, 5.74) is 0. The van der Waals surface area contributed by atoms with Gasteiger partial charge >= 0.3 is 6.03 Å². The number of hydrogen-bond acceptors (Lipinski definition) is 2. The van der Waals surface area contributed by atoms with Gasteiger partial charge in [-0.15, -0.1) is 0 Å². The van der Waals surface area contributed by atoms with Gasteiger partial charge in [0.1, 0.15) is 0 Å². The van der Waals surface area contributed by atoms with Gasteiger partial charge in [-0.05, 0) is 20.3 Å². The molecule has 4 nitrogen and oxygen atoms in total. The molecule has 0 aromatic heterocycles. The van der Waals surface area contributed by atoms with Crippen LogP contribution in [0, 0.1) is 0 Å². The molecule has 1 fully saturated rings. The number of hydrogen-bond donors (Lipinski definition) is 2. The number of carbonyl (C=O) groups excluding carboxylic acids is 1. The molecule has 0 aliphatic carbocycles. The predicted octanol–water partition coefficient (Wildman–Crippen LogP) is 0.788. The molecule has 0 saturated carbocycles. The zero-order valence-electron chi connectivity index (χ0n) is 9.34. The van der Waals surface area contributed by atoms with Crippen LogP contribution in [0.3, 0.4) is 0 Å². The third-order valence-electron chi connectivity index (χ3n) is 2.59. The van der Waals surface area contributed by atoms with Crippen LogP contribution in [0.1, 0.15) is 27.2 Å². The zero-order chi connectivity index (χ0) is 10.6. The molecule has 0 bridgehead atoms. The summed E-state index contributed by atoms with van der Waals surface area (Å²) in [5.74, 6) is 0. The van der Waals surface area contributed by atoms with Gasteiger partial charge in [0.2, 0.25) is 0 Å². The molecule has 1 heterocycles. The highest BCUT2D eigenvalue weighted by Gasteiger charge is 2.28. The van der Waals surface area contributed by atoms with Gasteiger partial charge in [-0.2, -0.15) is 0 Å². The van der Waals surface area contributed by atoms with E-state index in [-0.39, 0.29) is 18.1 Å². The quantitative estimate of drug-likeness (QED) is 0.690. The van der Waals surface area contributed by atoms with Crippen LogP contribution in [0.5, 0.6) is 0 Å². The molecule has 0 radical (unpaired) electrons. The molecular formula is C10H21N3O. The third-order valence-corrected chi connectivity index (χ3v) is 2.59. The molecule has 0 spiro atoms. The van der Waals surface area contributed by atoms with Crippen LogP contribution in [0.2, 0.25) is 0 Å². The van der Waals surface area contributed by atoms with Gasteiger partial charge in [0.15, 0.2) is 0 Å². The van der Waals surface area contributed by atoms with Crippen molar-refractivity contribution in [2.45, 2.75) is 39.3 Å². The smallest absolute Gasteiger partial charge is 0.317 e. The monoisotopic (exact) mass is 199 g/mol. The van der Waals surface area contributed by atoms with Crippen molar-refractivity contribution in [2.24, 2.45) is 0 Å². The summed E-state index contributed by atoms with van der Waals surface area (Å²) >= 11 is 0. The first kappa shape index (κ1) is 11.3. The molecule has 82 valence electrons. The lowest BCUT2D eigenvalue weighted by molar-refractivity contribution is 0.132. The number of urea groups is 1. The molecule has 2 N–H and O–H groups in total. The van der Waals surface area contributed by atoms with E-state index >= 15 is 0 Å². The fraction of sp³-hybridized carbons (Fsp3) is 0.900. The van der Waals surface area contributed by atoms with Crippen LogP contribution in [0.15, 0.2) is 0 Å². The second-order valence-corrected chi connectivity index (χ2v) is 4.00. The highest BCUT2D eigenvalue weighted by atomic mass is 16.2. The maximum absolute atomic E-state index is 11.8. The molecule has 1 rings (SSSR count). The van der Waals surface area contributed by atoms with Crippen molar-refractivity contribution < 1.29 is 4.79 Å². The molecule has 2 unspecified atom stereocenters. The highest BCUT2D eigenvalue weighted by Crippen LogP contribution is 2.09. The van der Waals surface area contributed by atoms with E-state index in [1.54, 1.807) is 0 Å². The van der Waals surface area contributed by atoms with Crippen molar-refractivity contribution in [3.63, 3.8) is 0 Å². The van der Waals surface area contributed by atoms with Crippen LogP contribution >= 0.6 is 0 Å². The van der Waals surface area contributed by atoms with Crippen molar-refractivity contribution in [1.29, 1.82) is 0 Å². The van der Waals surface area contributed by atoms with Crippen LogP contribution < -0.4 is 10.6 Å². The van der Waals surface area contributed by atoms with Crippen molar-refractivity contribution in [1.82, 2.24) is 15.5 Å². The maximum atomic E-state index is 11.8. The molecule has 4 heteroatoms. The largest absolute Gasteiger partial charge is 0.338 e. The van der Waals surface area contributed by atoms with E-state index in [0.29, 0.717) is 0 Å². The minimum atomic E-state index is 0.0772. The summed E-state index contributed by atoms with van der Waals surface area (Å²) in [6, 6.07) is 0.652. The maximum Gasteiger partial charge on any atom is 0.317 e. The molecule has 1 aliphatic heterocycles. The van der Waals surface area contributed by atoms with Gasteiger partial charge in [-0.3, -0.25) is 0 Å². The predicted molar refractivity (Wildman–Crippen MR) is 57.3 cm³/mol. The SMILES string of the molecule is CCCNC(=O)N1C(C)CNCC1C. The Morgan fingerprint density at radius 2 is 2.00 bits per heavy atom.